The van der Waals surface area contributed by atoms with Gasteiger partial charge < -0.3 is 10.5 Å². The van der Waals surface area contributed by atoms with Gasteiger partial charge in [-0.3, -0.25) is 0 Å². The van der Waals surface area contributed by atoms with Crippen molar-refractivity contribution in [2.75, 3.05) is 20.3 Å². The molecule has 0 saturated heterocycles. The Morgan fingerprint density at radius 1 is 1.67 bits per heavy atom. The molecule has 2 N–H and O–H groups in total. The highest BCUT2D eigenvalue weighted by atomic mass is 16.5. The van der Waals surface area contributed by atoms with Crippen LogP contribution in [0.25, 0.3) is 0 Å². The van der Waals surface area contributed by atoms with E-state index in [0.717, 1.165) is 25.0 Å². The largest absolute Gasteiger partial charge is 0.385 e. The van der Waals surface area contributed by atoms with E-state index < -0.39 is 0 Å². The molecule has 0 aromatic rings. The van der Waals surface area contributed by atoms with Crippen LogP contribution < -0.4 is 5.73 Å². The number of hydrogen-bond acceptors (Lipinski definition) is 2. The van der Waals surface area contributed by atoms with E-state index in [9.17, 15) is 0 Å². The van der Waals surface area contributed by atoms with Gasteiger partial charge in [-0.25, -0.2) is 0 Å². The Hall–Kier alpha value is -0.340. The van der Waals surface area contributed by atoms with Crippen molar-refractivity contribution >= 4 is 0 Å². The standard InChI is InChI=1S/C7H15NO/c1-7(6-8)4-3-5-9-2/h1,3-6,8H2,2H3. The van der Waals surface area contributed by atoms with E-state index in [1.165, 1.54) is 0 Å². The van der Waals surface area contributed by atoms with Crippen molar-refractivity contribution in [1.29, 1.82) is 0 Å². The summed E-state index contributed by atoms with van der Waals surface area (Å²) in [6.45, 7) is 5.17. The molecule has 0 bridgehead atoms. The smallest absolute Gasteiger partial charge is 0.0465 e. The highest BCUT2D eigenvalue weighted by Gasteiger charge is 1.89. The summed E-state index contributed by atoms with van der Waals surface area (Å²) in [5.74, 6) is 0. The second-order valence-corrected chi connectivity index (χ2v) is 2.05. The number of ether oxygens (including phenoxy) is 1. The van der Waals surface area contributed by atoms with Gasteiger partial charge in [-0.15, -0.1) is 0 Å². The van der Waals surface area contributed by atoms with Crippen LogP contribution in [0.1, 0.15) is 12.8 Å². The maximum absolute atomic E-state index is 5.31. The molecule has 0 rings (SSSR count). The van der Waals surface area contributed by atoms with Gasteiger partial charge in [0.1, 0.15) is 0 Å². The van der Waals surface area contributed by atoms with Gasteiger partial charge in [-0.1, -0.05) is 12.2 Å². The molecule has 0 heterocycles. The molecule has 0 saturated carbocycles. The van der Waals surface area contributed by atoms with Gasteiger partial charge in [-0.2, -0.15) is 0 Å². The Morgan fingerprint density at radius 3 is 2.78 bits per heavy atom. The SMILES string of the molecule is C=C(CN)CCCOC. The lowest BCUT2D eigenvalue weighted by Crippen LogP contribution is -2.02. The predicted octanol–water partition coefficient (Wildman–Crippen LogP) is 0.928. The molecule has 0 atom stereocenters. The number of nitrogens with two attached hydrogens (primary N) is 1. The van der Waals surface area contributed by atoms with Crippen molar-refractivity contribution in [1.82, 2.24) is 0 Å². The van der Waals surface area contributed by atoms with Crippen LogP contribution in [0.15, 0.2) is 12.2 Å². The molecule has 0 aliphatic heterocycles. The summed E-state index contributed by atoms with van der Waals surface area (Å²) in [5, 5.41) is 0. The number of methoxy groups -OCH3 is 1. The normalized spacial score (nSPS) is 9.56. The maximum Gasteiger partial charge on any atom is 0.0465 e. The molecular formula is C7H15NO. The molecule has 0 radical (unpaired) electrons. The molecule has 0 aliphatic carbocycles. The Bertz CT molecular complexity index is 81.0. The van der Waals surface area contributed by atoms with E-state index in [4.69, 9.17) is 10.5 Å². The van der Waals surface area contributed by atoms with Crippen LogP contribution in [0.3, 0.4) is 0 Å². The van der Waals surface area contributed by atoms with Crippen LogP contribution in [0.5, 0.6) is 0 Å². The van der Waals surface area contributed by atoms with E-state index >= 15 is 0 Å². The summed E-state index contributed by atoms with van der Waals surface area (Å²) in [4.78, 5) is 0. The molecule has 0 unspecified atom stereocenters. The minimum Gasteiger partial charge on any atom is -0.385 e. The predicted molar refractivity (Wildman–Crippen MR) is 39.3 cm³/mol. The van der Waals surface area contributed by atoms with Crippen LogP contribution in [-0.2, 0) is 4.74 Å². The van der Waals surface area contributed by atoms with Crippen LogP contribution in [0.2, 0.25) is 0 Å². The molecule has 54 valence electrons. The van der Waals surface area contributed by atoms with Crippen molar-refractivity contribution in [3.05, 3.63) is 12.2 Å². The topological polar surface area (TPSA) is 35.2 Å². The first kappa shape index (κ1) is 8.66. The lowest BCUT2D eigenvalue weighted by Gasteiger charge is -1.99. The van der Waals surface area contributed by atoms with E-state index in [-0.39, 0.29) is 0 Å². The Labute approximate surface area is 56.7 Å². The lowest BCUT2D eigenvalue weighted by molar-refractivity contribution is 0.195. The minimum absolute atomic E-state index is 0.601. The third kappa shape index (κ3) is 5.53. The van der Waals surface area contributed by atoms with Gasteiger partial charge in [0, 0.05) is 20.3 Å². The molecule has 0 aliphatic rings. The van der Waals surface area contributed by atoms with Crippen molar-refractivity contribution in [3.8, 4) is 0 Å². The lowest BCUT2D eigenvalue weighted by atomic mass is 10.2. The van der Waals surface area contributed by atoms with Crippen LogP contribution >= 0.6 is 0 Å². The third-order valence-corrected chi connectivity index (χ3v) is 1.17. The molecule has 0 amide bonds. The Kier molecular flexibility index (Phi) is 5.57. The number of hydrogen-bond donors (Lipinski definition) is 1. The molecule has 9 heavy (non-hydrogen) atoms. The van der Waals surface area contributed by atoms with Gasteiger partial charge in [0.15, 0.2) is 0 Å². The summed E-state index contributed by atoms with van der Waals surface area (Å²) < 4.78 is 4.85. The molecule has 0 aromatic heterocycles. The van der Waals surface area contributed by atoms with Gasteiger partial charge in [-0.05, 0) is 12.8 Å². The van der Waals surface area contributed by atoms with Crippen molar-refractivity contribution in [2.24, 2.45) is 5.73 Å². The zero-order valence-electron chi connectivity index (χ0n) is 6.02. The molecular weight excluding hydrogens is 114 g/mol. The van der Waals surface area contributed by atoms with Crippen molar-refractivity contribution in [3.63, 3.8) is 0 Å². The highest BCUT2D eigenvalue weighted by Crippen LogP contribution is 1.98. The van der Waals surface area contributed by atoms with E-state index in [2.05, 4.69) is 6.58 Å². The quantitative estimate of drug-likeness (QED) is 0.442. The first-order valence-corrected chi connectivity index (χ1v) is 3.17. The third-order valence-electron chi connectivity index (χ3n) is 1.17. The zero-order valence-corrected chi connectivity index (χ0v) is 6.02. The van der Waals surface area contributed by atoms with E-state index in [1.807, 2.05) is 0 Å². The Morgan fingerprint density at radius 2 is 2.33 bits per heavy atom. The van der Waals surface area contributed by atoms with Gasteiger partial charge in [0.2, 0.25) is 0 Å². The summed E-state index contributed by atoms with van der Waals surface area (Å²) >= 11 is 0. The van der Waals surface area contributed by atoms with Gasteiger partial charge in [0.05, 0.1) is 0 Å². The van der Waals surface area contributed by atoms with E-state index in [0.29, 0.717) is 6.54 Å². The van der Waals surface area contributed by atoms with Crippen LogP contribution in [0, 0.1) is 0 Å². The summed E-state index contributed by atoms with van der Waals surface area (Å²) in [5.41, 5.74) is 6.42. The fourth-order valence-electron chi connectivity index (χ4n) is 0.569. The molecule has 0 aromatic carbocycles. The van der Waals surface area contributed by atoms with Gasteiger partial charge >= 0.3 is 0 Å². The second-order valence-electron chi connectivity index (χ2n) is 2.05. The highest BCUT2D eigenvalue weighted by molar-refractivity contribution is 4.94. The summed E-state index contributed by atoms with van der Waals surface area (Å²) in [6, 6.07) is 0. The average Bonchev–Trinajstić information content (AvgIpc) is 1.89. The minimum atomic E-state index is 0.601. The first-order chi connectivity index (χ1) is 4.31. The second kappa shape index (κ2) is 5.79. The summed E-state index contributed by atoms with van der Waals surface area (Å²) in [6.07, 6.45) is 2.02. The van der Waals surface area contributed by atoms with Crippen LogP contribution in [-0.4, -0.2) is 20.3 Å². The van der Waals surface area contributed by atoms with Crippen molar-refractivity contribution in [2.45, 2.75) is 12.8 Å². The fraction of sp³-hybridized carbons (Fsp3) is 0.714. The molecule has 0 fully saturated rings. The van der Waals surface area contributed by atoms with Crippen molar-refractivity contribution < 1.29 is 4.74 Å². The molecule has 2 heteroatoms. The van der Waals surface area contributed by atoms with Crippen LogP contribution in [0.4, 0.5) is 0 Å². The first-order valence-electron chi connectivity index (χ1n) is 3.17. The molecule has 2 nitrogen and oxygen atoms in total. The van der Waals surface area contributed by atoms with E-state index in [1.54, 1.807) is 7.11 Å². The fourth-order valence-corrected chi connectivity index (χ4v) is 0.569. The Balaban J connectivity index is 2.97. The monoisotopic (exact) mass is 129 g/mol. The average molecular weight is 129 g/mol. The van der Waals surface area contributed by atoms with Gasteiger partial charge in [0.25, 0.3) is 0 Å². The zero-order chi connectivity index (χ0) is 7.11. The number of rotatable bonds is 5. The molecule has 0 spiro atoms. The maximum atomic E-state index is 5.31. The summed E-state index contributed by atoms with van der Waals surface area (Å²) in [7, 11) is 1.70.